The Morgan fingerprint density at radius 2 is 1.72 bits per heavy atom. The zero-order chi connectivity index (χ0) is 28.3. The van der Waals surface area contributed by atoms with Crippen molar-refractivity contribution in [3.8, 4) is 0 Å². The summed E-state index contributed by atoms with van der Waals surface area (Å²) in [4.78, 5) is 44.4. The van der Waals surface area contributed by atoms with Crippen molar-refractivity contribution in [1.29, 1.82) is 0 Å². The largest absolute Gasteiger partial charge is 0.455 e. The molecule has 17 heteroatoms. The van der Waals surface area contributed by atoms with Crippen LogP contribution in [0.15, 0.2) is 42.6 Å². The maximum absolute atomic E-state index is 12.9. The molecular weight excluding hydrogens is 772 g/mol. The second kappa shape index (κ2) is 12.5. The Balaban J connectivity index is 1.58. The second-order valence-electron chi connectivity index (χ2n) is 8.17. The normalized spacial score (nSPS) is 13.1. The van der Waals surface area contributed by atoms with Crippen LogP contribution in [-0.2, 0) is 4.74 Å². The van der Waals surface area contributed by atoms with E-state index in [9.17, 15) is 9.59 Å². The lowest BCUT2D eigenvalue weighted by molar-refractivity contribution is -0.361. The molecule has 13 nitrogen and oxygen atoms in total. The number of hydrogen-bond acceptors (Lipinski definition) is 7. The van der Waals surface area contributed by atoms with E-state index >= 15 is 0 Å². The summed E-state index contributed by atoms with van der Waals surface area (Å²) in [6.45, 7) is 0.191. The number of halogens is 4. The molecule has 4 rings (SSSR count). The predicted molar refractivity (Wildman–Crippen MR) is 159 cm³/mol. The number of carbonyl (C=O) groups is 2. The molecule has 206 valence electrons. The van der Waals surface area contributed by atoms with Crippen LogP contribution in [0.25, 0.3) is 6.08 Å². The molecule has 2 atom stereocenters. The number of H-pyrrole nitrogens is 5. The lowest BCUT2D eigenvalue weighted by Crippen LogP contribution is -2.34. The minimum absolute atomic E-state index is 0.0300. The van der Waals surface area contributed by atoms with E-state index in [1.165, 1.54) is 6.20 Å². The van der Waals surface area contributed by atoms with Gasteiger partial charge in [0, 0.05) is 13.1 Å². The molecule has 0 saturated carbocycles. The van der Waals surface area contributed by atoms with Gasteiger partial charge in [0.2, 0.25) is 0 Å². The highest BCUT2D eigenvalue weighted by molar-refractivity contribution is 9.13. The van der Waals surface area contributed by atoms with Crippen LogP contribution in [0.5, 0.6) is 0 Å². The topological polar surface area (TPSA) is 224 Å². The first-order valence-electron chi connectivity index (χ1n) is 11.2. The van der Waals surface area contributed by atoms with Gasteiger partial charge < -0.3 is 36.5 Å². The molecule has 4 aromatic rings. The number of nitrogens with zero attached hydrogens (tertiary/aromatic N) is 1. The smallest absolute Gasteiger partial charge is 0.355 e. The maximum atomic E-state index is 12.9. The number of esters is 1. The van der Waals surface area contributed by atoms with Crippen molar-refractivity contribution in [2.75, 3.05) is 24.6 Å². The van der Waals surface area contributed by atoms with Gasteiger partial charge in [-0.2, -0.15) is 0 Å². The fourth-order valence-electron chi connectivity index (χ4n) is 3.80. The Morgan fingerprint density at radius 3 is 2.28 bits per heavy atom. The maximum Gasteiger partial charge on any atom is 0.355 e. The van der Waals surface area contributed by atoms with Gasteiger partial charge in [-0.25, -0.2) is 19.7 Å². The van der Waals surface area contributed by atoms with Gasteiger partial charge in [0.25, 0.3) is 5.91 Å². The molecule has 0 aliphatic heterocycles. The van der Waals surface area contributed by atoms with Gasteiger partial charge in [0.05, 0.1) is 36.0 Å². The second-order valence-corrected chi connectivity index (χ2v) is 11.5. The molecule has 0 saturated heterocycles. The number of anilines is 2. The van der Waals surface area contributed by atoms with Crippen LogP contribution in [0.1, 0.15) is 44.0 Å². The molecule has 0 unspecified atom stereocenters. The Kier molecular flexibility index (Phi) is 9.37. The lowest BCUT2D eigenvalue weighted by atomic mass is 9.93. The number of rotatable bonds is 10. The summed E-state index contributed by atoms with van der Waals surface area (Å²) in [7, 11) is 0. The van der Waals surface area contributed by atoms with Gasteiger partial charge in [-0.15, -0.1) is 0 Å². The van der Waals surface area contributed by atoms with E-state index in [2.05, 4.69) is 98.9 Å². The summed E-state index contributed by atoms with van der Waals surface area (Å²) < 4.78 is 8.49. The van der Waals surface area contributed by atoms with E-state index in [1.54, 1.807) is 24.3 Å². The van der Waals surface area contributed by atoms with Gasteiger partial charge in [0.1, 0.15) is 28.9 Å². The van der Waals surface area contributed by atoms with E-state index in [0.717, 1.165) is 4.47 Å². The molecule has 0 bridgehead atoms. The molecule has 4 heterocycles. The van der Waals surface area contributed by atoms with Crippen molar-refractivity contribution < 1.29 is 19.3 Å². The Labute approximate surface area is 255 Å². The number of nitrogen functional groups attached to an aromatic ring is 2. The van der Waals surface area contributed by atoms with E-state index in [4.69, 9.17) is 21.9 Å². The third-order valence-corrected chi connectivity index (χ3v) is 9.10. The average molecular weight is 795 g/mol. The molecule has 0 fully saturated rings. The van der Waals surface area contributed by atoms with E-state index in [-0.39, 0.29) is 36.6 Å². The first-order chi connectivity index (χ1) is 18.6. The number of aromatic nitrogens is 6. The third-order valence-electron chi connectivity index (χ3n) is 5.53. The quantitative estimate of drug-likeness (QED) is 0.112. The number of amides is 1. The van der Waals surface area contributed by atoms with Crippen LogP contribution in [0.4, 0.5) is 11.9 Å². The highest BCUT2D eigenvalue weighted by Gasteiger charge is 2.35. The number of hydrogen-bond donors (Lipinski definition) is 8. The predicted octanol–water partition coefficient (Wildman–Crippen LogP) is 3.18. The van der Waals surface area contributed by atoms with Crippen LogP contribution in [-0.4, -0.2) is 56.0 Å². The standard InChI is InChI=1S/C22H22Br4N10O3/c23-8-4-11(32-17(8)25)19(37)30-3-1-2-10-16(36-22(29)34-10)15(13-7-31-21(28)35-13)14(6-27)39-20(38)12-5-9(24)18(26)33-12/h1-2,4-5,7,14-15,32-33H,3,6,27H2,(H,30,37)(H3,28,31,35)(H3,29,34,36)/p+1/b2-1+/t14-,15-/m1/s1. The Hall–Kier alpha value is -2.86. The summed E-state index contributed by atoms with van der Waals surface area (Å²) >= 11 is 13.3. The van der Waals surface area contributed by atoms with Gasteiger partial charge >= 0.3 is 11.9 Å². The van der Waals surface area contributed by atoms with Crippen LogP contribution >= 0.6 is 63.7 Å². The zero-order valence-corrected chi connectivity index (χ0v) is 26.2. The SMILES string of the molecule is NC[C@@H](OC(=O)c1cc(Br)c(Br)[nH]1)[C@@H](c1cnc(N)[nH]1)c1[nH]c(N)[nH+]c1/C=C/CNC(=O)c1cc(Br)c(Br)[nH]1. The summed E-state index contributed by atoms with van der Waals surface area (Å²) in [5.74, 6) is -1.11. The number of carbonyl (C=O) groups excluding carboxylic acids is 2. The molecule has 0 radical (unpaired) electrons. The highest BCUT2D eigenvalue weighted by Crippen LogP contribution is 2.31. The third kappa shape index (κ3) is 6.84. The molecule has 0 aliphatic carbocycles. The average Bonchev–Trinajstić information content (AvgIpc) is 3.65. The first kappa shape index (κ1) is 29.1. The molecule has 1 amide bonds. The molecular formula is C22H23Br4N10O3+. The summed E-state index contributed by atoms with van der Waals surface area (Å²) in [5.41, 5.74) is 20.3. The van der Waals surface area contributed by atoms with Gasteiger partial charge in [-0.3, -0.25) is 10.5 Å². The fourth-order valence-corrected chi connectivity index (χ4v) is 5.11. The van der Waals surface area contributed by atoms with Crippen molar-refractivity contribution in [2.24, 2.45) is 5.73 Å². The number of imidazole rings is 2. The molecule has 0 aromatic carbocycles. The van der Waals surface area contributed by atoms with Crippen LogP contribution in [0.3, 0.4) is 0 Å². The van der Waals surface area contributed by atoms with Crippen LogP contribution < -0.4 is 27.5 Å². The molecule has 12 N–H and O–H groups in total. The van der Waals surface area contributed by atoms with Crippen LogP contribution in [0, 0.1) is 0 Å². The van der Waals surface area contributed by atoms with Gasteiger partial charge in [0.15, 0.2) is 5.95 Å². The molecule has 39 heavy (non-hydrogen) atoms. The van der Waals surface area contributed by atoms with Crippen molar-refractivity contribution in [3.63, 3.8) is 0 Å². The van der Waals surface area contributed by atoms with Gasteiger partial charge in [-0.05, 0) is 81.9 Å². The van der Waals surface area contributed by atoms with E-state index in [0.29, 0.717) is 36.5 Å². The summed E-state index contributed by atoms with van der Waals surface area (Å²) in [6.07, 6.45) is 4.17. The number of aromatic amines is 5. The number of nitrogens with two attached hydrogens (primary N) is 3. The van der Waals surface area contributed by atoms with Crippen molar-refractivity contribution in [2.45, 2.75) is 12.0 Å². The zero-order valence-electron chi connectivity index (χ0n) is 19.9. The summed E-state index contributed by atoms with van der Waals surface area (Å²) in [6, 6.07) is 3.26. The number of nitrogens with one attached hydrogen (secondary N) is 6. The van der Waals surface area contributed by atoms with Crippen molar-refractivity contribution in [3.05, 3.63) is 71.0 Å². The van der Waals surface area contributed by atoms with Gasteiger partial charge in [-0.1, -0.05) is 6.08 Å². The highest BCUT2D eigenvalue weighted by atomic mass is 79.9. The van der Waals surface area contributed by atoms with E-state index < -0.39 is 18.0 Å². The van der Waals surface area contributed by atoms with Crippen molar-refractivity contribution in [1.82, 2.24) is 30.2 Å². The lowest BCUT2D eigenvalue weighted by Gasteiger charge is -2.23. The number of ether oxygens (including phenoxy) is 1. The molecule has 4 aromatic heterocycles. The van der Waals surface area contributed by atoms with E-state index in [1.807, 2.05) is 0 Å². The minimum atomic E-state index is -0.846. The Bertz CT molecular complexity index is 1480. The van der Waals surface area contributed by atoms with Crippen LogP contribution in [0.2, 0.25) is 0 Å². The summed E-state index contributed by atoms with van der Waals surface area (Å²) in [5, 5.41) is 2.80. The monoisotopic (exact) mass is 791 g/mol. The first-order valence-corrected chi connectivity index (χ1v) is 14.4. The minimum Gasteiger partial charge on any atom is -0.455 e. The molecule has 0 spiro atoms. The molecule has 0 aliphatic rings. The van der Waals surface area contributed by atoms with Crippen molar-refractivity contribution >= 4 is 93.6 Å². The fraction of sp³-hybridized carbons (Fsp3) is 0.182. The Morgan fingerprint density at radius 1 is 1.05 bits per heavy atom.